The summed E-state index contributed by atoms with van der Waals surface area (Å²) < 4.78 is 1.66. The molecule has 1 aromatic heterocycles. The topological polar surface area (TPSA) is 56.2 Å². The van der Waals surface area contributed by atoms with Gasteiger partial charge in [-0.25, -0.2) is 4.68 Å². The minimum absolute atomic E-state index is 0.512. The Bertz CT molecular complexity index is 516. The highest BCUT2D eigenvalue weighted by Crippen LogP contribution is 2.21. The van der Waals surface area contributed by atoms with Crippen LogP contribution in [0.2, 0.25) is 5.15 Å². The maximum Gasteiger partial charge on any atom is 0.142 e. The number of hydrogen-bond acceptors (Lipinski definition) is 3. The van der Waals surface area contributed by atoms with Gasteiger partial charge in [0.1, 0.15) is 5.15 Å². The van der Waals surface area contributed by atoms with Crippen molar-refractivity contribution in [2.24, 2.45) is 10.9 Å². The summed E-state index contributed by atoms with van der Waals surface area (Å²) in [5.74, 6) is 5.12. The second-order valence-corrected chi connectivity index (χ2v) is 3.67. The molecule has 0 spiro atoms. The summed E-state index contributed by atoms with van der Waals surface area (Å²) in [7, 11) is 0. The van der Waals surface area contributed by atoms with E-state index in [-0.39, 0.29) is 0 Å². The van der Waals surface area contributed by atoms with Gasteiger partial charge < -0.3 is 5.84 Å². The minimum atomic E-state index is 0.512. The van der Waals surface area contributed by atoms with E-state index in [0.717, 1.165) is 16.9 Å². The van der Waals surface area contributed by atoms with E-state index in [1.54, 1.807) is 4.68 Å². The molecule has 1 aromatic carbocycles. The molecule has 0 aliphatic rings. The van der Waals surface area contributed by atoms with Crippen molar-refractivity contribution in [1.29, 1.82) is 0 Å². The minimum Gasteiger partial charge on any atom is -0.323 e. The molecule has 16 heavy (non-hydrogen) atoms. The van der Waals surface area contributed by atoms with E-state index in [9.17, 15) is 0 Å². The van der Waals surface area contributed by atoms with E-state index in [2.05, 4.69) is 10.2 Å². The van der Waals surface area contributed by atoms with E-state index in [4.69, 9.17) is 17.4 Å². The smallest absolute Gasteiger partial charge is 0.142 e. The first-order valence-corrected chi connectivity index (χ1v) is 5.15. The molecule has 2 rings (SSSR count). The zero-order valence-electron chi connectivity index (χ0n) is 8.76. The summed E-state index contributed by atoms with van der Waals surface area (Å²) in [6, 6.07) is 9.66. The molecule has 0 unspecified atom stereocenters. The fourth-order valence-electron chi connectivity index (χ4n) is 1.47. The van der Waals surface area contributed by atoms with Crippen LogP contribution in [0, 0.1) is 6.92 Å². The number of aromatic nitrogens is 2. The van der Waals surface area contributed by atoms with Crippen molar-refractivity contribution in [2.75, 3.05) is 0 Å². The van der Waals surface area contributed by atoms with Crippen LogP contribution in [0.25, 0.3) is 5.69 Å². The Balaban J connectivity index is 2.56. The van der Waals surface area contributed by atoms with Crippen LogP contribution < -0.4 is 5.84 Å². The third kappa shape index (κ3) is 1.79. The molecule has 0 radical (unpaired) electrons. The van der Waals surface area contributed by atoms with Crippen LogP contribution in [-0.2, 0) is 0 Å². The average molecular weight is 235 g/mol. The van der Waals surface area contributed by atoms with Gasteiger partial charge in [0.2, 0.25) is 0 Å². The molecule has 1 heterocycles. The third-order valence-electron chi connectivity index (χ3n) is 2.25. The van der Waals surface area contributed by atoms with Crippen LogP contribution in [0.4, 0.5) is 0 Å². The van der Waals surface area contributed by atoms with Crippen molar-refractivity contribution in [2.45, 2.75) is 6.92 Å². The summed E-state index contributed by atoms with van der Waals surface area (Å²) >= 11 is 6.20. The highest BCUT2D eigenvalue weighted by molar-refractivity contribution is 6.32. The zero-order valence-corrected chi connectivity index (χ0v) is 9.52. The lowest BCUT2D eigenvalue weighted by atomic mass is 10.3. The number of benzene rings is 1. The van der Waals surface area contributed by atoms with Crippen molar-refractivity contribution >= 4 is 17.8 Å². The highest BCUT2D eigenvalue weighted by Gasteiger charge is 2.12. The SMILES string of the molecule is Cc1nn(-c2ccccc2)c(Cl)c1/C=N\N. The van der Waals surface area contributed by atoms with E-state index in [0.29, 0.717) is 5.15 Å². The van der Waals surface area contributed by atoms with Crippen LogP contribution in [0.5, 0.6) is 0 Å². The first-order chi connectivity index (χ1) is 7.74. The van der Waals surface area contributed by atoms with Gasteiger partial charge in [-0.3, -0.25) is 0 Å². The Morgan fingerprint density at radius 1 is 1.38 bits per heavy atom. The van der Waals surface area contributed by atoms with E-state index >= 15 is 0 Å². The summed E-state index contributed by atoms with van der Waals surface area (Å²) in [6.07, 6.45) is 1.50. The molecule has 0 aliphatic carbocycles. The second kappa shape index (κ2) is 4.37. The number of hydrazone groups is 1. The molecule has 0 bridgehead atoms. The molecule has 0 fully saturated rings. The lowest BCUT2D eigenvalue weighted by molar-refractivity contribution is 0.863. The number of para-hydroxylation sites is 1. The summed E-state index contributed by atoms with van der Waals surface area (Å²) in [5, 5.41) is 8.32. The van der Waals surface area contributed by atoms with Crippen LogP contribution in [-0.4, -0.2) is 16.0 Å². The molecular formula is C11H11ClN4. The van der Waals surface area contributed by atoms with E-state index in [1.165, 1.54) is 6.21 Å². The van der Waals surface area contributed by atoms with Gasteiger partial charge in [-0.15, -0.1) is 0 Å². The van der Waals surface area contributed by atoms with Gasteiger partial charge in [-0.2, -0.15) is 10.2 Å². The summed E-state index contributed by atoms with van der Waals surface area (Å²) in [4.78, 5) is 0. The van der Waals surface area contributed by atoms with Gasteiger partial charge >= 0.3 is 0 Å². The molecule has 0 amide bonds. The zero-order chi connectivity index (χ0) is 11.5. The molecule has 0 aliphatic heterocycles. The molecule has 82 valence electrons. The predicted octanol–water partition coefficient (Wildman–Crippen LogP) is 2.13. The number of nitrogens with two attached hydrogens (primary N) is 1. The number of rotatable bonds is 2. The maximum absolute atomic E-state index is 6.20. The number of aryl methyl sites for hydroxylation is 1. The van der Waals surface area contributed by atoms with Crippen molar-refractivity contribution in [3.8, 4) is 5.69 Å². The first-order valence-electron chi connectivity index (χ1n) is 4.78. The number of hydrogen-bond donors (Lipinski definition) is 1. The van der Waals surface area contributed by atoms with Gasteiger partial charge in [-0.1, -0.05) is 29.8 Å². The Labute approximate surface area is 98.3 Å². The van der Waals surface area contributed by atoms with E-state index < -0.39 is 0 Å². The number of nitrogens with zero attached hydrogens (tertiary/aromatic N) is 3. The van der Waals surface area contributed by atoms with Crippen molar-refractivity contribution < 1.29 is 0 Å². The Kier molecular flexibility index (Phi) is 2.92. The summed E-state index contributed by atoms with van der Waals surface area (Å²) in [5.41, 5.74) is 2.45. The highest BCUT2D eigenvalue weighted by atomic mass is 35.5. The molecule has 4 nitrogen and oxygen atoms in total. The maximum atomic E-state index is 6.20. The molecule has 0 saturated carbocycles. The Morgan fingerprint density at radius 3 is 2.69 bits per heavy atom. The summed E-state index contributed by atoms with van der Waals surface area (Å²) in [6.45, 7) is 1.86. The van der Waals surface area contributed by atoms with Gasteiger partial charge in [-0.05, 0) is 19.1 Å². The third-order valence-corrected chi connectivity index (χ3v) is 2.62. The van der Waals surface area contributed by atoms with Crippen LogP contribution in [0.1, 0.15) is 11.3 Å². The lowest BCUT2D eigenvalue weighted by Gasteiger charge is -2.01. The molecule has 0 atom stereocenters. The standard InChI is InChI=1S/C11H11ClN4/c1-8-10(7-14-13)11(12)16(15-8)9-5-3-2-4-6-9/h2-7H,13H2,1H3/b14-7-. The van der Waals surface area contributed by atoms with Crippen molar-refractivity contribution in [1.82, 2.24) is 9.78 Å². The predicted molar refractivity (Wildman–Crippen MR) is 65.1 cm³/mol. The van der Waals surface area contributed by atoms with Crippen molar-refractivity contribution in [3.05, 3.63) is 46.7 Å². The molecular weight excluding hydrogens is 224 g/mol. The van der Waals surface area contributed by atoms with E-state index in [1.807, 2.05) is 37.3 Å². The molecule has 2 N–H and O–H groups in total. The second-order valence-electron chi connectivity index (χ2n) is 3.32. The lowest BCUT2D eigenvalue weighted by Crippen LogP contribution is -1.96. The van der Waals surface area contributed by atoms with Gasteiger partial charge in [0, 0.05) is 0 Å². The fraction of sp³-hybridized carbons (Fsp3) is 0.0909. The van der Waals surface area contributed by atoms with Gasteiger partial charge in [0.05, 0.1) is 23.2 Å². The fourth-order valence-corrected chi connectivity index (χ4v) is 1.79. The number of halogens is 1. The largest absolute Gasteiger partial charge is 0.323 e. The molecule has 2 aromatic rings. The van der Waals surface area contributed by atoms with Crippen LogP contribution in [0.15, 0.2) is 35.4 Å². The first kappa shape index (κ1) is 10.7. The van der Waals surface area contributed by atoms with Crippen molar-refractivity contribution in [3.63, 3.8) is 0 Å². The monoisotopic (exact) mass is 234 g/mol. The molecule has 0 saturated heterocycles. The average Bonchev–Trinajstić information content (AvgIpc) is 2.59. The molecule has 5 heteroatoms. The Hall–Kier alpha value is -1.81. The Morgan fingerprint density at radius 2 is 2.06 bits per heavy atom. The van der Waals surface area contributed by atoms with Crippen LogP contribution in [0.3, 0.4) is 0 Å². The van der Waals surface area contributed by atoms with Gasteiger partial charge in [0.25, 0.3) is 0 Å². The van der Waals surface area contributed by atoms with Crippen LogP contribution >= 0.6 is 11.6 Å². The normalized spacial score (nSPS) is 11.1. The van der Waals surface area contributed by atoms with Gasteiger partial charge in [0.15, 0.2) is 0 Å². The quantitative estimate of drug-likeness (QED) is 0.492.